The van der Waals surface area contributed by atoms with E-state index in [0.29, 0.717) is 15.8 Å². The summed E-state index contributed by atoms with van der Waals surface area (Å²) in [6.45, 7) is 0. The minimum atomic E-state index is -0.822. The molecule has 0 radical (unpaired) electrons. The molecule has 68 valence electrons. The zero-order chi connectivity index (χ0) is 9.42. The Morgan fingerprint density at radius 3 is 2.77 bits per heavy atom. The van der Waals surface area contributed by atoms with E-state index in [9.17, 15) is 8.78 Å². The summed E-state index contributed by atoms with van der Waals surface area (Å²) in [6, 6.07) is 2.62. The molecule has 0 bridgehead atoms. The summed E-state index contributed by atoms with van der Waals surface area (Å²) in [6.07, 6.45) is 0. The Morgan fingerprint density at radius 1 is 1.31 bits per heavy atom. The number of methoxy groups -OCH3 is 1. The summed E-state index contributed by atoms with van der Waals surface area (Å²) < 4.78 is 31.2. The average molecular weight is 200 g/mol. The molecule has 1 nitrogen and oxygen atoms in total. The Kier molecular flexibility index (Phi) is 1.92. The summed E-state index contributed by atoms with van der Waals surface area (Å²) in [5.41, 5.74) is 0. The van der Waals surface area contributed by atoms with Gasteiger partial charge in [0, 0.05) is 10.8 Å². The van der Waals surface area contributed by atoms with Gasteiger partial charge in [-0.1, -0.05) is 0 Å². The predicted octanol–water partition coefficient (Wildman–Crippen LogP) is 3.19. The molecule has 1 aromatic carbocycles. The number of hydrogen-bond acceptors (Lipinski definition) is 2. The highest BCUT2D eigenvalue weighted by Gasteiger charge is 2.11. The number of benzene rings is 1. The van der Waals surface area contributed by atoms with Crippen LogP contribution in [0, 0.1) is 11.6 Å². The van der Waals surface area contributed by atoms with Gasteiger partial charge in [0.1, 0.15) is 5.75 Å². The largest absolute Gasteiger partial charge is 0.495 e. The van der Waals surface area contributed by atoms with Crippen LogP contribution >= 0.6 is 11.3 Å². The first kappa shape index (κ1) is 8.44. The summed E-state index contributed by atoms with van der Waals surface area (Å²) in [5.74, 6) is -1.04. The fraction of sp³-hybridized carbons (Fsp3) is 0.111. The van der Waals surface area contributed by atoms with Crippen LogP contribution in [0.5, 0.6) is 5.75 Å². The summed E-state index contributed by atoms with van der Waals surface area (Å²) in [4.78, 5) is 0. The molecule has 0 saturated heterocycles. The smallest absolute Gasteiger partial charge is 0.176 e. The van der Waals surface area contributed by atoms with Crippen molar-refractivity contribution in [1.29, 1.82) is 0 Å². The van der Waals surface area contributed by atoms with Gasteiger partial charge in [-0.25, -0.2) is 8.78 Å². The van der Waals surface area contributed by atoms with Crippen LogP contribution in [0.3, 0.4) is 0 Å². The van der Waals surface area contributed by atoms with Crippen molar-refractivity contribution in [3.63, 3.8) is 0 Å². The van der Waals surface area contributed by atoms with Crippen LogP contribution < -0.4 is 4.74 Å². The maximum absolute atomic E-state index is 13.1. The Balaban J connectivity index is 2.81. The van der Waals surface area contributed by atoms with Crippen LogP contribution in [0.2, 0.25) is 0 Å². The van der Waals surface area contributed by atoms with Gasteiger partial charge < -0.3 is 4.74 Å². The standard InChI is InChI=1S/C9H6F2OS/c1-12-7-4-13-9-5(7)2-3-6(10)8(9)11/h2-4H,1H3. The maximum atomic E-state index is 13.1. The van der Waals surface area contributed by atoms with Crippen LogP contribution in [-0.2, 0) is 0 Å². The van der Waals surface area contributed by atoms with E-state index in [1.807, 2.05) is 0 Å². The molecule has 0 fully saturated rings. The Labute approximate surface area is 77.6 Å². The molecule has 0 amide bonds. The first-order chi connectivity index (χ1) is 6.24. The fourth-order valence-electron chi connectivity index (χ4n) is 1.18. The lowest BCUT2D eigenvalue weighted by atomic mass is 10.2. The zero-order valence-electron chi connectivity index (χ0n) is 6.80. The zero-order valence-corrected chi connectivity index (χ0v) is 7.62. The highest BCUT2D eigenvalue weighted by atomic mass is 32.1. The van der Waals surface area contributed by atoms with Gasteiger partial charge in [0.05, 0.1) is 11.8 Å². The first-order valence-electron chi connectivity index (χ1n) is 3.63. The molecular formula is C9H6F2OS. The Hall–Kier alpha value is -1.16. The quantitative estimate of drug-likeness (QED) is 0.687. The van der Waals surface area contributed by atoms with E-state index in [1.54, 1.807) is 5.38 Å². The first-order valence-corrected chi connectivity index (χ1v) is 4.51. The lowest BCUT2D eigenvalue weighted by Crippen LogP contribution is -1.84. The van der Waals surface area contributed by atoms with E-state index in [4.69, 9.17) is 4.74 Å². The second kappa shape index (κ2) is 2.96. The van der Waals surface area contributed by atoms with Gasteiger partial charge >= 0.3 is 0 Å². The van der Waals surface area contributed by atoms with Gasteiger partial charge in [-0.05, 0) is 12.1 Å². The Morgan fingerprint density at radius 2 is 2.08 bits per heavy atom. The van der Waals surface area contributed by atoms with Crippen LogP contribution in [0.25, 0.3) is 10.1 Å². The van der Waals surface area contributed by atoms with Crippen LogP contribution in [0.1, 0.15) is 0 Å². The molecule has 13 heavy (non-hydrogen) atoms. The van der Waals surface area contributed by atoms with Crippen molar-refractivity contribution < 1.29 is 13.5 Å². The van der Waals surface area contributed by atoms with Crippen molar-refractivity contribution >= 4 is 21.4 Å². The average Bonchev–Trinajstić information content (AvgIpc) is 2.55. The molecule has 0 aliphatic carbocycles. The molecule has 0 aliphatic rings. The van der Waals surface area contributed by atoms with Crippen molar-refractivity contribution in [2.45, 2.75) is 0 Å². The highest BCUT2D eigenvalue weighted by molar-refractivity contribution is 7.17. The van der Waals surface area contributed by atoms with Gasteiger partial charge in [0.25, 0.3) is 0 Å². The van der Waals surface area contributed by atoms with Gasteiger partial charge in [-0.15, -0.1) is 11.3 Å². The number of rotatable bonds is 1. The number of thiophene rings is 1. The van der Waals surface area contributed by atoms with E-state index in [-0.39, 0.29) is 0 Å². The van der Waals surface area contributed by atoms with Crippen molar-refractivity contribution in [3.05, 3.63) is 29.1 Å². The summed E-state index contributed by atoms with van der Waals surface area (Å²) in [7, 11) is 1.50. The predicted molar refractivity (Wildman–Crippen MR) is 48.3 cm³/mol. The molecule has 2 aromatic rings. The monoisotopic (exact) mass is 200 g/mol. The lowest BCUT2D eigenvalue weighted by Gasteiger charge is -1.97. The molecule has 0 atom stereocenters. The summed E-state index contributed by atoms with van der Waals surface area (Å²) in [5, 5.41) is 2.28. The van der Waals surface area contributed by atoms with Gasteiger partial charge in [-0.3, -0.25) is 0 Å². The van der Waals surface area contributed by atoms with E-state index >= 15 is 0 Å². The third kappa shape index (κ3) is 1.18. The van der Waals surface area contributed by atoms with E-state index in [1.165, 1.54) is 13.2 Å². The van der Waals surface area contributed by atoms with Gasteiger partial charge in [0.15, 0.2) is 11.6 Å². The third-order valence-electron chi connectivity index (χ3n) is 1.82. The molecule has 1 heterocycles. The van der Waals surface area contributed by atoms with E-state index < -0.39 is 11.6 Å². The molecule has 0 N–H and O–H groups in total. The number of halogens is 2. The van der Waals surface area contributed by atoms with Gasteiger partial charge in [-0.2, -0.15) is 0 Å². The van der Waals surface area contributed by atoms with Gasteiger partial charge in [0.2, 0.25) is 0 Å². The number of hydrogen-bond donors (Lipinski definition) is 0. The second-order valence-corrected chi connectivity index (χ2v) is 3.42. The summed E-state index contributed by atoms with van der Waals surface area (Å²) >= 11 is 1.14. The number of fused-ring (bicyclic) bond motifs is 1. The lowest BCUT2D eigenvalue weighted by molar-refractivity contribution is 0.421. The molecule has 2 rings (SSSR count). The minimum Gasteiger partial charge on any atom is -0.495 e. The molecule has 0 unspecified atom stereocenters. The molecule has 0 aliphatic heterocycles. The van der Waals surface area contributed by atoms with Crippen molar-refractivity contribution in [3.8, 4) is 5.75 Å². The van der Waals surface area contributed by atoms with Crippen LogP contribution in [0.4, 0.5) is 8.78 Å². The fourth-order valence-corrected chi connectivity index (χ4v) is 2.12. The van der Waals surface area contributed by atoms with Crippen molar-refractivity contribution in [2.75, 3.05) is 7.11 Å². The van der Waals surface area contributed by atoms with Crippen molar-refractivity contribution in [1.82, 2.24) is 0 Å². The molecule has 0 saturated carbocycles. The normalized spacial score (nSPS) is 10.7. The van der Waals surface area contributed by atoms with Crippen LogP contribution in [-0.4, -0.2) is 7.11 Å². The molecular weight excluding hydrogens is 194 g/mol. The number of ether oxygens (including phenoxy) is 1. The Bertz CT molecular complexity index is 450. The highest BCUT2D eigenvalue weighted by Crippen LogP contribution is 2.34. The van der Waals surface area contributed by atoms with E-state index in [0.717, 1.165) is 17.4 Å². The molecule has 1 aromatic heterocycles. The molecule has 0 spiro atoms. The third-order valence-corrected chi connectivity index (χ3v) is 2.79. The minimum absolute atomic E-state index is 0.303. The topological polar surface area (TPSA) is 9.23 Å². The van der Waals surface area contributed by atoms with E-state index in [2.05, 4.69) is 0 Å². The second-order valence-electron chi connectivity index (χ2n) is 2.54. The maximum Gasteiger partial charge on any atom is 0.176 e. The SMILES string of the molecule is COc1csc2c(F)c(F)ccc12. The molecule has 4 heteroatoms. The van der Waals surface area contributed by atoms with Crippen molar-refractivity contribution in [2.24, 2.45) is 0 Å². The van der Waals surface area contributed by atoms with Crippen LogP contribution in [0.15, 0.2) is 17.5 Å².